The molecule has 2 aromatic rings. The summed E-state index contributed by atoms with van der Waals surface area (Å²) in [6.07, 6.45) is 1.62. The Kier molecular flexibility index (Phi) is 5.15. The van der Waals surface area contributed by atoms with Crippen molar-refractivity contribution in [3.05, 3.63) is 47.3 Å². The predicted octanol–water partition coefficient (Wildman–Crippen LogP) is 2.41. The molecule has 1 atom stereocenters. The molecule has 0 unspecified atom stereocenters. The number of fused-ring (bicyclic) bond motifs is 2. The number of amides is 3. The van der Waals surface area contributed by atoms with E-state index in [-0.39, 0.29) is 24.3 Å². The summed E-state index contributed by atoms with van der Waals surface area (Å²) < 4.78 is 33.1. The molecule has 2 N–H and O–H groups in total. The van der Waals surface area contributed by atoms with Crippen molar-refractivity contribution in [1.29, 1.82) is 0 Å². The van der Waals surface area contributed by atoms with Crippen LogP contribution in [0.5, 0.6) is 5.75 Å². The molecular formula is C20H21F2N5O3. The first-order chi connectivity index (χ1) is 14.3. The number of anilines is 2. The van der Waals surface area contributed by atoms with Crippen molar-refractivity contribution in [1.82, 2.24) is 15.2 Å². The van der Waals surface area contributed by atoms with E-state index in [0.29, 0.717) is 18.1 Å². The lowest BCUT2D eigenvalue weighted by molar-refractivity contribution is -0.122. The van der Waals surface area contributed by atoms with Crippen LogP contribution in [-0.2, 0) is 11.3 Å². The Balaban J connectivity index is 1.43. The highest BCUT2D eigenvalue weighted by Gasteiger charge is 2.28. The molecule has 0 bridgehead atoms. The molecule has 0 aliphatic carbocycles. The van der Waals surface area contributed by atoms with Crippen LogP contribution in [-0.4, -0.2) is 48.6 Å². The van der Waals surface area contributed by atoms with Crippen LogP contribution in [0.4, 0.5) is 25.0 Å². The summed E-state index contributed by atoms with van der Waals surface area (Å²) in [7, 11) is 1.95. The van der Waals surface area contributed by atoms with E-state index in [2.05, 4.69) is 15.6 Å². The third-order valence-corrected chi connectivity index (χ3v) is 5.19. The molecule has 10 heteroatoms. The van der Waals surface area contributed by atoms with Crippen LogP contribution < -0.4 is 20.3 Å². The third-order valence-electron chi connectivity index (χ3n) is 5.19. The summed E-state index contributed by atoms with van der Waals surface area (Å²) in [5.74, 6) is -1.79. The van der Waals surface area contributed by atoms with Gasteiger partial charge in [0.15, 0.2) is 17.4 Å². The van der Waals surface area contributed by atoms with Crippen LogP contribution >= 0.6 is 0 Å². The molecule has 0 saturated carbocycles. The molecule has 1 aromatic heterocycles. The molecule has 0 saturated heterocycles. The summed E-state index contributed by atoms with van der Waals surface area (Å²) in [5.41, 5.74) is 1.74. The number of hydrogen-bond acceptors (Lipinski definition) is 5. The molecule has 158 valence electrons. The summed E-state index contributed by atoms with van der Waals surface area (Å²) in [4.78, 5) is 32.2. The first kappa shape index (κ1) is 19.9. The zero-order chi connectivity index (χ0) is 21.4. The lowest BCUT2D eigenvalue weighted by Crippen LogP contribution is -2.45. The molecule has 1 aromatic carbocycles. The monoisotopic (exact) mass is 417 g/mol. The summed E-state index contributed by atoms with van der Waals surface area (Å²) >= 11 is 0. The zero-order valence-electron chi connectivity index (χ0n) is 16.5. The average Bonchev–Trinajstić information content (AvgIpc) is 2.72. The number of nitrogens with one attached hydrogen (secondary N) is 2. The second-order valence-corrected chi connectivity index (χ2v) is 7.31. The lowest BCUT2D eigenvalue weighted by Gasteiger charge is -2.30. The van der Waals surface area contributed by atoms with Gasteiger partial charge in [0.25, 0.3) is 0 Å². The van der Waals surface area contributed by atoms with E-state index >= 15 is 0 Å². The molecule has 3 amide bonds. The minimum absolute atomic E-state index is 0.00911. The number of benzene rings is 1. The van der Waals surface area contributed by atoms with E-state index in [4.69, 9.17) is 4.74 Å². The highest BCUT2D eigenvalue weighted by atomic mass is 19.2. The van der Waals surface area contributed by atoms with Crippen LogP contribution in [0.1, 0.15) is 24.2 Å². The highest BCUT2D eigenvalue weighted by molar-refractivity contribution is 5.95. The molecule has 30 heavy (non-hydrogen) atoms. The third kappa shape index (κ3) is 3.72. The van der Waals surface area contributed by atoms with E-state index in [1.807, 2.05) is 18.0 Å². The number of rotatable bonds is 4. The Hall–Kier alpha value is -3.43. The Morgan fingerprint density at radius 2 is 2.20 bits per heavy atom. The summed E-state index contributed by atoms with van der Waals surface area (Å²) in [6, 6.07) is 3.12. The van der Waals surface area contributed by atoms with Gasteiger partial charge in [-0.3, -0.25) is 9.78 Å². The molecular weight excluding hydrogens is 396 g/mol. The number of ether oxygens (including phenoxy) is 1. The number of halogens is 2. The fraction of sp³-hybridized carbons (Fsp3) is 0.350. The average molecular weight is 417 g/mol. The molecule has 2 aliphatic heterocycles. The number of carbonyl (C=O) groups is 2. The van der Waals surface area contributed by atoms with Gasteiger partial charge in [-0.05, 0) is 25.1 Å². The molecule has 8 nitrogen and oxygen atoms in total. The minimum atomic E-state index is -1.03. The normalized spacial score (nSPS) is 16.2. The van der Waals surface area contributed by atoms with Crippen LogP contribution in [0.3, 0.4) is 0 Å². The van der Waals surface area contributed by atoms with Gasteiger partial charge in [-0.1, -0.05) is 0 Å². The first-order valence-electron chi connectivity index (χ1n) is 9.49. The van der Waals surface area contributed by atoms with Gasteiger partial charge in [0.1, 0.15) is 13.2 Å². The number of hydrogen-bond donors (Lipinski definition) is 2. The standard InChI is InChI=1S/C20H21F2N5O3/c1-11(15-7-16-17(8-23-15)30-6-5-26(16)2)24-18(28)10-27-9-12-14(25-20(27)29)4-3-13(21)19(12)22/h3-4,7-8,11H,5-6,9-10H2,1-2H3,(H,24,28)(H,25,29)/t11-/m1/s1. The summed E-state index contributed by atoms with van der Waals surface area (Å²) in [5, 5.41) is 5.26. The first-order valence-corrected chi connectivity index (χ1v) is 9.49. The van der Waals surface area contributed by atoms with Crippen LogP contribution in [0.2, 0.25) is 0 Å². The Labute approximate surface area is 171 Å². The largest absolute Gasteiger partial charge is 0.488 e. The van der Waals surface area contributed by atoms with Crippen molar-refractivity contribution in [2.45, 2.75) is 19.5 Å². The van der Waals surface area contributed by atoms with Crippen LogP contribution in [0.25, 0.3) is 0 Å². The van der Waals surface area contributed by atoms with Crippen LogP contribution in [0, 0.1) is 11.6 Å². The highest BCUT2D eigenvalue weighted by Crippen LogP contribution is 2.31. The number of aromatic nitrogens is 1. The van der Waals surface area contributed by atoms with Gasteiger partial charge < -0.3 is 25.2 Å². The van der Waals surface area contributed by atoms with E-state index in [0.717, 1.165) is 23.2 Å². The number of likely N-dealkylation sites (N-methyl/N-ethyl adjacent to an activating group) is 1. The molecule has 2 aliphatic rings. The van der Waals surface area contributed by atoms with Crippen molar-refractivity contribution in [2.75, 3.05) is 37.0 Å². The lowest BCUT2D eigenvalue weighted by atomic mass is 10.1. The van der Waals surface area contributed by atoms with Gasteiger partial charge in [0.05, 0.1) is 42.4 Å². The molecule has 3 heterocycles. The zero-order valence-corrected chi connectivity index (χ0v) is 16.5. The second-order valence-electron chi connectivity index (χ2n) is 7.31. The maximum absolute atomic E-state index is 14.0. The van der Waals surface area contributed by atoms with Crippen LogP contribution in [0.15, 0.2) is 24.4 Å². The SMILES string of the molecule is C[C@@H](NC(=O)CN1Cc2c(ccc(F)c2F)NC1=O)c1cc2c(cn1)OCCN2C. The fourth-order valence-corrected chi connectivity index (χ4v) is 3.49. The second kappa shape index (κ2) is 7.77. The quantitative estimate of drug-likeness (QED) is 0.798. The molecule has 0 spiro atoms. The number of nitrogens with zero attached hydrogens (tertiary/aromatic N) is 3. The van der Waals surface area contributed by atoms with E-state index in [1.165, 1.54) is 6.07 Å². The molecule has 4 rings (SSSR count). The van der Waals surface area contributed by atoms with E-state index < -0.39 is 29.6 Å². The van der Waals surface area contributed by atoms with Gasteiger partial charge >= 0.3 is 6.03 Å². The van der Waals surface area contributed by atoms with E-state index in [1.54, 1.807) is 13.1 Å². The van der Waals surface area contributed by atoms with E-state index in [9.17, 15) is 18.4 Å². The Bertz CT molecular complexity index is 1020. The Morgan fingerprint density at radius 1 is 1.40 bits per heavy atom. The number of urea groups is 1. The molecule has 0 radical (unpaired) electrons. The van der Waals surface area contributed by atoms with Gasteiger partial charge in [0, 0.05) is 12.6 Å². The van der Waals surface area contributed by atoms with Gasteiger partial charge in [-0.25, -0.2) is 13.6 Å². The number of carbonyl (C=O) groups excluding carboxylic acids is 2. The summed E-state index contributed by atoms with van der Waals surface area (Å²) in [6.45, 7) is 2.60. The van der Waals surface area contributed by atoms with Gasteiger partial charge in [-0.15, -0.1) is 0 Å². The predicted molar refractivity (Wildman–Crippen MR) is 105 cm³/mol. The van der Waals surface area contributed by atoms with Crippen molar-refractivity contribution in [3.8, 4) is 5.75 Å². The topological polar surface area (TPSA) is 86.8 Å². The van der Waals surface area contributed by atoms with Crippen molar-refractivity contribution < 1.29 is 23.1 Å². The van der Waals surface area contributed by atoms with Gasteiger partial charge in [0.2, 0.25) is 5.91 Å². The Morgan fingerprint density at radius 3 is 3.00 bits per heavy atom. The number of pyridine rings is 1. The smallest absolute Gasteiger partial charge is 0.322 e. The van der Waals surface area contributed by atoms with Crippen molar-refractivity contribution in [3.63, 3.8) is 0 Å². The van der Waals surface area contributed by atoms with Crippen molar-refractivity contribution >= 4 is 23.3 Å². The fourth-order valence-electron chi connectivity index (χ4n) is 3.49. The van der Waals surface area contributed by atoms with Crippen molar-refractivity contribution in [2.24, 2.45) is 0 Å². The minimum Gasteiger partial charge on any atom is -0.488 e. The molecule has 0 fully saturated rings. The maximum Gasteiger partial charge on any atom is 0.322 e. The van der Waals surface area contributed by atoms with Gasteiger partial charge in [-0.2, -0.15) is 0 Å². The maximum atomic E-state index is 14.0.